The highest BCUT2D eigenvalue weighted by Gasteiger charge is 2.21. The van der Waals surface area contributed by atoms with Crippen molar-refractivity contribution >= 4 is 23.2 Å². The largest absolute Gasteiger partial charge is 0.490 e. The van der Waals surface area contributed by atoms with Crippen molar-refractivity contribution in [3.05, 3.63) is 63.7 Å². The average molecular weight is 307 g/mol. The summed E-state index contributed by atoms with van der Waals surface area (Å²) in [6.45, 7) is 4.07. The van der Waals surface area contributed by atoms with Gasteiger partial charge in [0, 0.05) is 11.4 Å². The topological polar surface area (TPSA) is 9.23 Å². The zero-order valence-electron chi connectivity index (χ0n) is 11.5. The maximum Gasteiger partial charge on any atom is 0.123 e. The van der Waals surface area contributed by atoms with Crippen LogP contribution in [0.2, 0.25) is 5.02 Å². The highest BCUT2D eigenvalue weighted by molar-refractivity contribution is 6.31. The van der Waals surface area contributed by atoms with E-state index in [0.717, 1.165) is 33.9 Å². The maximum atomic E-state index is 6.59. The van der Waals surface area contributed by atoms with E-state index in [4.69, 9.17) is 27.9 Å². The minimum absolute atomic E-state index is 0.186. The van der Waals surface area contributed by atoms with Crippen molar-refractivity contribution in [1.82, 2.24) is 0 Å². The molecule has 1 aliphatic heterocycles. The van der Waals surface area contributed by atoms with E-state index in [1.165, 1.54) is 5.56 Å². The van der Waals surface area contributed by atoms with E-state index in [0.29, 0.717) is 0 Å². The average Bonchev–Trinajstić information content (AvgIpc) is 2.80. The third-order valence-corrected chi connectivity index (χ3v) is 4.61. The van der Waals surface area contributed by atoms with Gasteiger partial charge in [0.2, 0.25) is 0 Å². The molecule has 0 aliphatic carbocycles. The number of ether oxygens (including phenoxy) is 1. The van der Waals surface area contributed by atoms with Gasteiger partial charge in [0.15, 0.2) is 0 Å². The molecule has 3 rings (SSSR count). The fraction of sp³-hybridized carbons (Fsp3) is 0.294. The minimum atomic E-state index is -0.186. The number of fused-ring (bicyclic) bond motifs is 1. The number of rotatable bonds is 2. The molecule has 2 aromatic rings. The first-order valence-electron chi connectivity index (χ1n) is 6.74. The highest BCUT2D eigenvalue weighted by atomic mass is 35.5. The van der Waals surface area contributed by atoms with Gasteiger partial charge in [-0.15, -0.1) is 11.6 Å². The molecule has 0 aromatic heterocycles. The SMILES string of the molecule is Cc1ccc(C(Cl)c2ccc3c(c2)CC(C)O3)cc1Cl. The van der Waals surface area contributed by atoms with Crippen LogP contribution in [0.25, 0.3) is 0 Å². The lowest BCUT2D eigenvalue weighted by atomic mass is 10.00. The first-order chi connectivity index (χ1) is 9.54. The van der Waals surface area contributed by atoms with Crippen molar-refractivity contribution in [3.63, 3.8) is 0 Å². The molecular formula is C17H16Cl2O. The summed E-state index contributed by atoms with van der Waals surface area (Å²) in [5, 5.41) is 0.570. The summed E-state index contributed by atoms with van der Waals surface area (Å²) in [6.07, 6.45) is 1.20. The molecule has 0 fully saturated rings. The number of benzene rings is 2. The Morgan fingerprint density at radius 2 is 1.85 bits per heavy atom. The second kappa shape index (κ2) is 5.31. The van der Waals surface area contributed by atoms with E-state index in [1.807, 2.05) is 37.3 Å². The van der Waals surface area contributed by atoms with Gasteiger partial charge in [-0.05, 0) is 48.2 Å². The Morgan fingerprint density at radius 1 is 1.15 bits per heavy atom. The summed E-state index contributed by atoms with van der Waals surface area (Å²) >= 11 is 12.8. The van der Waals surface area contributed by atoms with E-state index in [9.17, 15) is 0 Å². The monoisotopic (exact) mass is 306 g/mol. The molecule has 0 amide bonds. The van der Waals surface area contributed by atoms with Crippen LogP contribution in [0, 0.1) is 6.92 Å². The van der Waals surface area contributed by atoms with Crippen LogP contribution in [0.1, 0.15) is 34.6 Å². The van der Waals surface area contributed by atoms with Gasteiger partial charge in [0.05, 0.1) is 5.38 Å². The zero-order chi connectivity index (χ0) is 14.3. The fourth-order valence-corrected chi connectivity index (χ4v) is 3.02. The molecule has 2 aromatic carbocycles. The fourth-order valence-electron chi connectivity index (χ4n) is 2.56. The van der Waals surface area contributed by atoms with Gasteiger partial charge >= 0.3 is 0 Å². The number of halogens is 2. The van der Waals surface area contributed by atoms with Crippen molar-refractivity contribution in [2.45, 2.75) is 31.7 Å². The van der Waals surface area contributed by atoms with Crippen LogP contribution in [0.5, 0.6) is 5.75 Å². The minimum Gasteiger partial charge on any atom is -0.490 e. The lowest BCUT2D eigenvalue weighted by Gasteiger charge is -2.12. The first-order valence-corrected chi connectivity index (χ1v) is 7.55. The third kappa shape index (κ3) is 2.53. The molecule has 3 heteroatoms. The maximum absolute atomic E-state index is 6.59. The summed E-state index contributed by atoms with van der Waals surface area (Å²) in [5.74, 6) is 0.979. The van der Waals surface area contributed by atoms with Crippen LogP contribution in [-0.2, 0) is 6.42 Å². The molecule has 104 valence electrons. The molecule has 1 nitrogen and oxygen atoms in total. The van der Waals surface area contributed by atoms with Gasteiger partial charge in [-0.3, -0.25) is 0 Å². The predicted molar refractivity (Wildman–Crippen MR) is 84.1 cm³/mol. The second-order valence-electron chi connectivity index (χ2n) is 5.37. The molecule has 0 bridgehead atoms. The lowest BCUT2D eigenvalue weighted by molar-refractivity contribution is 0.254. The van der Waals surface area contributed by atoms with E-state index in [-0.39, 0.29) is 11.5 Å². The lowest BCUT2D eigenvalue weighted by Crippen LogP contribution is -2.05. The van der Waals surface area contributed by atoms with Gasteiger partial charge in [-0.25, -0.2) is 0 Å². The van der Waals surface area contributed by atoms with Crippen LogP contribution in [-0.4, -0.2) is 6.10 Å². The Hall–Kier alpha value is -1.18. The molecule has 1 heterocycles. The smallest absolute Gasteiger partial charge is 0.123 e. The van der Waals surface area contributed by atoms with Crippen molar-refractivity contribution in [3.8, 4) is 5.75 Å². The molecule has 0 saturated heterocycles. The number of hydrogen-bond acceptors (Lipinski definition) is 1. The molecule has 0 spiro atoms. The van der Waals surface area contributed by atoms with Crippen molar-refractivity contribution < 1.29 is 4.74 Å². The molecule has 2 atom stereocenters. The van der Waals surface area contributed by atoms with Crippen LogP contribution >= 0.6 is 23.2 Å². The van der Waals surface area contributed by atoms with Crippen LogP contribution in [0.4, 0.5) is 0 Å². The number of hydrogen-bond donors (Lipinski definition) is 0. The predicted octanol–water partition coefficient (Wildman–Crippen LogP) is 5.30. The summed E-state index contributed by atoms with van der Waals surface area (Å²) in [7, 11) is 0. The molecule has 0 N–H and O–H groups in total. The Labute approximate surface area is 129 Å². The summed E-state index contributed by atoms with van der Waals surface area (Å²) < 4.78 is 5.72. The molecule has 0 radical (unpaired) electrons. The Kier molecular flexibility index (Phi) is 3.66. The Balaban J connectivity index is 1.93. The standard InChI is InChI=1S/C17H16Cl2O/c1-10-3-4-13(9-15(10)18)17(19)12-5-6-16-14(8-12)7-11(2)20-16/h3-6,8-9,11,17H,7H2,1-2H3. The van der Waals surface area contributed by atoms with Gasteiger partial charge in [0.1, 0.15) is 11.9 Å². The molecule has 2 unspecified atom stereocenters. The van der Waals surface area contributed by atoms with E-state index in [2.05, 4.69) is 13.0 Å². The zero-order valence-corrected chi connectivity index (χ0v) is 13.0. The second-order valence-corrected chi connectivity index (χ2v) is 6.21. The highest BCUT2D eigenvalue weighted by Crippen LogP contribution is 2.36. The molecule has 1 aliphatic rings. The number of alkyl halides is 1. The van der Waals surface area contributed by atoms with Crippen molar-refractivity contribution in [1.29, 1.82) is 0 Å². The van der Waals surface area contributed by atoms with Crippen molar-refractivity contribution in [2.24, 2.45) is 0 Å². The Bertz CT molecular complexity index is 651. The summed E-state index contributed by atoms with van der Waals surface area (Å²) in [4.78, 5) is 0. The van der Waals surface area contributed by atoms with Crippen LogP contribution < -0.4 is 4.74 Å². The van der Waals surface area contributed by atoms with Gasteiger partial charge < -0.3 is 4.74 Å². The quantitative estimate of drug-likeness (QED) is 0.684. The van der Waals surface area contributed by atoms with E-state index >= 15 is 0 Å². The molecule has 20 heavy (non-hydrogen) atoms. The first kappa shape index (κ1) is 13.8. The number of aryl methyl sites for hydroxylation is 1. The van der Waals surface area contributed by atoms with Crippen LogP contribution in [0.3, 0.4) is 0 Å². The van der Waals surface area contributed by atoms with Crippen LogP contribution in [0.15, 0.2) is 36.4 Å². The van der Waals surface area contributed by atoms with Crippen molar-refractivity contribution in [2.75, 3.05) is 0 Å². The molecular weight excluding hydrogens is 291 g/mol. The summed E-state index contributed by atoms with van der Waals surface area (Å²) in [6, 6.07) is 12.2. The van der Waals surface area contributed by atoms with E-state index < -0.39 is 0 Å². The summed E-state index contributed by atoms with van der Waals surface area (Å²) in [5.41, 5.74) is 4.41. The van der Waals surface area contributed by atoms with Gasteiger partial charge in [-0.1, -0.05) is 35.9 Å². The third-order valence-electron chi connectivity index (χ3n) is 3.70. The van der Waals surface area contributed by atoms with Gasteiger partial charge in [-0.2, -0.15) is 0 Å². The normalized spacial score (nSPS) is 18.5. The Morgan fingerprint density at radius 3 is 2.60 bits per heavy atom. The molecule has 0 saturated carbocycles. The van der Waals surface area contributed by atoms with E-state index in [1.54, 1.807) is 0 Å². The van der Waals surface area contributed by atoms with Gasteiger partial charge in [0.25, 0.3) is 0 Å².